The molecule has 0 aliphatic heterocycles. The molecule has 0 radical (unpaired) electrons. The van der Waals surface area contributed by atoms with Gasteiger partial charge in [0.25, 0.3) is 0 Å². The molecule has 0 atom stereocenters. The summed E-state index contributed by atoms with van der Waals surface area (Å²) in [5.74, 6) is 1.96. The van der Waals surface area contributed by atoms with Crippen LogP contribution in [0.3, 0.4) is 0 Å². The molecule has 0 aliphatic rings. The fraction of sp³-hybridized carbons (Fsp3) is 0.500. The Bertz CT molecular complexity index is 297. The second kappa shape index (κ2) is 6.89. The van der Waals surface area contributed by atoms with Gasteiger partial charge in [-0.3, -0.25) is 0 Å². The lowest BCUT2D eigenvalue weighted by Crippen LogP contribution is -2.27. The van der Waals surface area contributed by atoms with Crippen molar-refractivity contribution < 1.29 is 9.31 Å². The van der Waals surface area contributed by atoms with E-state index in [0.29, 0.717) is 0 Å². The van der Waals surface area contributed by atoms with E-state index in [9.17, 15) is 0 Å². The van der Waals surface area contributed by atoms with Crippen molar-refractivity contribution in [3.8, 4) is 0 Å². The highest BCUT2D eigenvalue weighted by molar-refractivity contribution is 7.08. The molecule has 0 saturated carbocycles. The molecule has 0 saturated heterocycles. The third-order valence-corrected chi connectivity index (χ3v) is 2.50. The maximum absolute atomic E-state index is 5.65. The summed E-state index contributed by atoms with van der Waals surface area (Å²) in [6, 6.07) is 2.07. The average Bonchev–Trinajstić information content (AvgIpc) is 2.64. The highest BCUT2D eigenvalue weighted by atomic mass is 32.1. The first-order chi connectivity index (χ1) is 7.58. The van der Waals surface area contributed by atoms with Gasteiger partial charge in [0, 0.05) is 12.2 Å². The van der Waals surface area contributed by atoms with E-state index in [4.69, 9.17) is 9.31 Å². The molecule has 0 amide bonds. The Morgan fingerprint density at radius 1 is 1.19 bits per heavy atom. The van der Waals surface area contributed by atoms with Crippen LogP contribution in [0.1, 0.15) is 33.3 Å². The van der Waals surface area contributed by atoms with Crippen molar-refractivity contribution in [1.82, 2.24) is 0 Å². The smallest absolute Gasteiger partial charge is 0.405 e. The Morgan fingerprint density at radius 2 is 1.81 bits per heavy atom. The van der Waals surface area contributed by atoms with Crippen LogP contribution >= 0.6 is 11.3 Å². The van der Waals surface area contributed by atoms with Crippen molar-refractivity contribution in [1.29, 1.82) is 0 Å². The Morgan fingerprint density at radius 3 is 2.25 bits per heavy atom. The summed E-state index contributed by atoms with van der Waals surface area (Å²) in [5.41, 5.74) is 1.19. The number of hydrogen-bond acceptors (Lipinski definition) is 3. The highest BCUT2D eigenvalue weighted by Gasteiger charge is 2.17. The highest BCUT2D eigenvalue weighted by Crippen LogP contribution is 2.09. The minimum atomic E-state index is -0.264. The SMILES string of the molecule is CC(C)OB(/C=C/c1ccsc1)OC(C)C. The average molecular weight is 238 g/mol. The Labute approximate surface area is 102 Å². The Kier molecular flexibility index (Phi) is 5.81. The van der Waals surface area contributed by atoms with Crippen LogP contribution in [-0.2, 0) is 9.31 Å². The third kappa shape index (κ3) is 5.49. The van der Waals surface area contributed by atoms with Crippen LogP contribution in [0.2, 0.25) is 0 Å². The number of rotatable bonds is 6. The standard InChI is InChI=1S/C12H19BO2S/c1-10(2)14-13(15-11(3)4)7-5-12-6-8-16-9-12/h5-11H,1-4H3/b7-5+. The summed E-state index contributed by atoms with van der Waals surface area (Å²) in [5, 5.41) is 4.15. The van der Waals surface area contributed by atoms with Crippen LogP contribution in [0.5, 0.6) is 0 Å². The van der Waals surface area contributed by atoms with E-state index in [1.54, 1.807) is 11.3 Å². The summed E-state index contributed by atoms with van der Waals surface area (Å²) in [4.78, 5) is 0. The summed E-state index contributed by atoms with van der Waals surface area (Å²) >= 11 is 1.69. The van der Waals surface area contributed by atoms with Gasteiger partial charge in [-0.05, 0) is 50.1 Å². The zero-order valence-corrected chi connectivity index (χ0v) is 11.2. The van der Waals surface area contributed by atoms with Crippen LogP contribution in [0.25, 0.3) is 6.08 Å². The molecule has 16 heavy (non-hydrogen) atoms. The molecule has 1 aromatic rings. The molecule has 0 N–H and O–H groups in total. The molecular formula is C12H19BO2S. The normalized spacial score (nSPS) is 11.9. The van der Waals surface area contributed by atoms with E-state index in [0.717, 1.165) is 0 Å². The molecule has 1 aromatic heterocycles. The molecule has 1 rings (SSSR count). The maximum atomic E-state index is 5.65. The van der Waals surface area contributed by atoms with Crippen molar-refractivity contribution >= 4 is 24.5 Å². The van der Waals surface area contributed by atoms with Crippen molar-refractivity contribution in [3.05, 3.63) is 28.4 Å². The van der Waals surface area contributed by atoms with Crippen molar-refractivity contribution in [2.75, 3.05) is 0 Å². The minimum Gasteiger partial charge on any atom is -0.405 e. The maximum Gasteiger partial charge on any atom is 0.486 e. The van der Waals surface area contributed by atoms with Crippen molar-refractivity contribution in [2.45, 2.75) is 39.9 Å². The predicted octanol–water partition coefficient (Wildman–Crippen LogP) is 3.64. The van der Waals surface area contributed by atoms with Gasteiger partial charge >= 0.3 is 7.12 Å². The van der Waals surface area contributed by atoms with Crippen LogP contribution < -0.4 is 0 Å². The first-order valence-corrected chi connectivity index (χ1v) is 6.53. The molecule has 88 valence electrons. The summed E-state index contributed by atoms with van der Waals surface area (Å²) in [6.07, 6.45) is 2.36. The zero-order chi connectivity index (χ0) is 12.0. The van der Waals surface area contributed by atoms with E-state index in [2.05, 4.69) is 16.8 Å². The monoisotopic (exact) mass is 238 g/mol. The number of thiophene rings is 1. The first-order valence-electron chi connectivity index (χ1n) is 5.59. The summed E-state index contributed by atoms with van der Waals surface area (Å²) in [6.45, 7) is 8.04. The topological polar surface area (TPSA) is 18.5 Å². The molecule has 0 aromatic carbocycles. The second-order valence-corrected chi connectivity index (χ2v) is 4.93. The van der Waals surface area contributed by atoms with Gasteiger partial charge in [0.05, 0.1) is 0 Å². The third-order valence-electron chi connectivity index (χ3n) is 1.80. The zero-order valence-electron chi connectivity index (χ0n) is 10.3. The van der Waals surface area contributed by atoms with Gasteiger partial charge in [0.1, 0.15) is 0 Å². The Hall–Kier alpha value is -0.575. The quantitative estimate of drug-likeness (QED) is 0.704. The fourth-order valence-electron chi connectivity index (χ4n) is 1.22. The molecule has 0 bridgehead atoms. The molecule has 4 heteroatoms. The Balaban J connectivity index is 2.55. The molecule has 2 nitrogen and oxygen atoms in total. The van der Waals surface area contributed by atoms with Crippen molar-refractivity contribution in [3.63, 3.8) is 0 Å². The predicted molar refractivity (Wildman–Crippen MR) is 71.5 cm³/mol. The second-order valence-electron chi connectivity index (χ2n) is 4.15. The van der Waals surface area contributed by atoms with Gasteiger partial charge in [0.2, 0.25) is 0 Å². The van der Waals surface area contributed by atoms with E-state index in [-0.39, 0.29) is 19.3 Å². The lowest BCUT2D eigenvalue weighted by Gasteiger charge is -2.16. The summed E-state index contributed by atoms with van der Waals surface area (Å²) < 4.78 is 11.3. The van der Waals surface area contributed by atoms with Gasteiger partial charge in [0.15, 0.2) is 0 Å². The molecule has 0 aliphatic carbocycles. The molecule has 1 heterocycles. The van der Waals surface area contributed by atoms with E-state index in [1.165, 1.54) is 5.56 Å². The van der Waals surface area contributed by atoms with Crippen molar-refractivity contribution in [2.24, 2.45) is 0 Å². The lowest BCUT2D eigenvalue weighted by molar-refractivity contribution is 0.138. The van der Waals surface area contributed by atoms with E-state index < -0.39 is 0 Å². The van der Waals surface area contributed by atoms with Crippen LogP contribution in [0.15, 0.2) is 22.8 Å². The number of hydrogen-bond donors (Lipinski definition) is 0. The van der Waals surface area contributed by atoms with Crippen LogP contribution in [0, 0.1) is 0 Å². The van der Waals surface area contributed by atoms with E-state index in [1.807, 2.05) is 39.7 Å². The van der Waals surface area contributed by atoms with E-state index >= 15 is 0 Å². The molecule has 0 spiro atoms. The molecule has 0 unspecified atom stereocenters. The van der Waals surface area contributed by atoms with Gasteiger partial charge in [-0.15, -0.1) is 0 Å². The molecule has 0 fully saturated rings. The van der Waals surface area contributed by atoms with Gasteiger partial charge in [-0.2, -0.15) is 11.3 Å². The van der Waals surface area contributed by atoms with Crippen LogP contribution in [-0.4, -0.2) is 19.3 Å². The summed E-state index contributed by atoms with van der Waals surface area (Å²) in [7, 11) is -0.264. The lowest BCUT2D eigenvalue weighted by atomic mass is 9.88. The fourth-order valence-corrected chi connectivity index (χ4v) is 1.85. The van der Waals surface area contributed by atoms with Gasteiger partial charge in [-0.25, -0.2) is 0 Å². The van der Waals surface area contributed by atoms with Gasteiger partial charge in [-0.1, -0.05) is 12.1 Å². The minimum absolute atomic E-state index is 0.163. The molecular weight excluding hydrogens is 219 g/mol. The first kappa shape index (κ1) is 13.5. The van der Waals surface area contributed by atoms with Gasteiger partial charge < -0.3 is 9.31 Å². The van der Waals surface area contributed by atoms with Crippen LogP contribution in [0.4, 0.5) is 0 Å². The largest absolute Gasteiger partial charge is 0.486 e.